The van der Waals surface area contributed by atoms with Crippen LogP contribution in [0.3, 0.4) is 0 Å². The lowest BCUT2D eigenvalue weighted by atomic mass is 9.96. The lowest BCUT2D eigenvalue weighted by Gasteiger charge is -2.48. The van der Waals surface area contributed by atoms with Crippen LogP contribution in [-0.4, -0.2) is 193 Å². The first-order valence-electron chi connectivity index (χ1n) is 24.7. The van der Waals surface area contributed by atoms with E-state index in [0.717, 1.165) is 64.2 Å². The maximum Gasteiger partial charge on any atom is 0.220 e. The van der Waals surface area contributed by atoms with Gasteiger partial charge in [0.25, 0.3) is 0 Å². The van der Waals surface area contributed by atoms with Crippen molar-refractivity contribution in [3.05, 3.63) is 36.5 Å². The van der Waals surface area contributed by atoms with Crippen LogP contribution in [-0.2, 0) is 33.2 Å². The topological polar surface area (TPSA) is 307 Å². The molecule has 0 aromatic rings. The highest BCUT2D eigenvalue weighted by Gasteiger charge is 2.53. The van der Waals surface area contributed by atoms with Crippen molar-refractivity contribution in [1.29, 1.82) is 0 Å². The minimum absolute atomic E-state index is 0.224. The molecular weight excluding hydrogens is 879 g/mol. The normalized spacial score (nSPS) is 33.8. The molecule has 0 spiro atoms. The van der Waals surface area contributed by atoms with Crippen LogP contribution in [0.4, 0.5) is 0 Å². The predicted molar refractivity (Wildman–Crippen MR) is 245 cm³/mol. The minimum atomic E-state index is -1.98. The van der Waals surface area contributed by atoms with Crippen LogP contribution in [0.25, 0.3) is 0 Å². The number of carbonyl (C=O) groups excluding carboxylic acids is 1. The first-order chi connectivity index (χ1) is 32.3. The van der Waals surface area contributed by atoms with Crippen LogP contribution in [0.2, 0.25) is 0 Å². The van der Waals surface area contributed by atoms with Gasteiger partial charge in [0.05, 0.1) is 38.6 Å². The zero-order valence-electron chi connectivity index (χ0n) is 39.6. The number of amides is 1. The second-order valence-electron chi connectivity index (χ2n) is 17.9. The zero-order valence-corrected chi connectivity index (χ0v) is 39.6. The van der Waals surface area contributed by atoms with E-state index < -0.39 is 124 Å². The number of ether oxygens (including phenoxy) is 6. The van der Waals surface area contributed by atoms with Gasteiger partial charge in [-0.1, -0.05) is 108 Å². The summed E-state index contributed by atoms with van der Waals surface area (Å²) in [5.41, 5.74) is 0. The Balaban J connectivity index is 1.57. The summed E-state index contributed by atoms with van der Waals surface area (Å²) in [5, 5.41) is 119. The van der Waals surface area contributed by atoms with E-state index in [2.05, 4.69) is 43.5 Å². The lowest BCUT2D eigenvalue weighted by molar-refractivity contribution is -0.379. The van der Waals surface area contributed by atoms with Gasteiger partial charge in [0.15, 0.2) is 18.9 Å². The smallest absolute Gasteiger partial charge is 0.220 e. The summed E-state index contributed by atoms with van der Waals surface area (Å²) in [6, 6.07) is -0.988. The summed E-state index contributed by atoms with van der Waals surface area (Å²) in [7, 11) is 0. The van der Waals surface area contributed by atoms with E-state index in [4.69, 9.17) is 28.4 Å². The molecule has 17 atom stereocenters. The highest BCUT2D eigenvalue weighted by molar-refractivity contribution is 5.76. The molecule has 0 aromatic carbocycles. The van der Waals surface area contributed by atoms with Crippen molar-refractivity contribution in [2.24, 2.45) is 0 Å². The molecule has 3 rings (SSSR count). The van der Waals surface area contributed by atoms with Gasteiger partial charge in [0.1, 0.15) is 73.2 Å². The Bertz CT molecular complexity index is 1390. The fourth-order valence-electron chi connectivity index (χ4n) is 8.18. The summed E-state index contributed by atoms with van der Waals surface area (Å²) >= 11 is 0. The molecule has 0 saturated carbocycles. The van der Waals surface area contributed by atoms with Gasteiger partial charge >= 0.3 is 0 Å². The third kappa shape index (κ3) is 20.0. The SMILES string of the molecule is CCCC/C=C/CC/C=C/C(O)C(COC1OC(CO)C(OC2OC(CO)C(OC3OC(CO)C(O)C(O)C3O)C(O)C2O)C(O)C1O)NC(=O)CCCCCCC/C=C\CCCCCCC. The number of carbonyl (C=O) groups is 1. The van der Waals surface area contributed by atoms with E-state index >= 15 is 0 Å². The largest absolute Gasteiger partial charge is 0.394 e. The second-order valence-corrected chi connectivity index (χ2v) is 17.9. The van der Waals surface area contributed by atoms with Gasteiger partial charge in [-0.2, -0.15) is 0 Å². The van der Waals surface area contributed by atoms with Crippen LogP contribution in [0.15, 0.2) is 36.5 Å². The van der Waals surface area contributed by atoms with Crippen LogP contribution in [0.5, 0.6) is 0 Å². The van der Waals surface area contributed by atoms with Crippen molar-refractivity contribution in [2.75, 3.05) is 26.4 Å². The number of nitrogens with one attached hydrogen (secondary N) is 1. The second kappa shape index (κ2) is 33.6. The van der Waals surface area contributed by atoms with Gasteiger partial charge in [-0.3, -0.25) is 4.79 Å². The Morgan fingerprint density at radius 1 is 0.522 bits per heavy atom. The first-order valence-corrected chi connectivity index (χ1v) is 24.7. The predicted octanol–water partition coefficient (Wildman–Crippen LogP) is 1.03. The molecule has 17 unspecified atom stereocenters. The third-order valence-corrected chi connectivity index (χ3v) is 12.4. The van der Waals surface area contributed by atoms with Crippen molar-refractivity contribution in [3.63, 3.8) is 0 Å². The Kier molecular flexibility index (Phi) is 29.7. The molecule has 3 fully saturated rings. The zero-order chi connectivity index (χ0) is 49.1. The van der Waals surface area contributed by atoms with Crippen molar-refractivity contribution in [1.82, 2.24) is 5.32 Å². The number of hydrogen-bond acceptors (Lipinski definition) is 18. The molecule has 390 valence electrons. The van der Waals surface area contributed by atoms with E-state index in [1.54, 1.807) is 12.2 Å². The van der Waals surface area contributed by atoms with E-state index in [1.807, 2.05) is 0 Å². The molecule has 0 bridgehead atoms. The summed E-state index contributed by atoms with van der Waals surface area (Å²) < 4.78 is 34.0. The van der Waals surface area contributed by atoms with Gasteiger partial charge in [-0.15, -0.1) is 0 Å². The van der Waals surface area contributed by atoms with Crippen LogP contribution >= 0.6 is 0 Å². The average Bonchev–Trinajstić information content (AvgIpc) is 3.32. The van der Waals surface area contributed by atoms with E-state index in [-0.39, 0.29) is 18.9 Å². The summed E-state index contributed by atoms with van der Waals surface area (Å²) in [6.07, 6.45) is 3.29. The van der Waals surface area contributed by atoms with Gasteiger partial charge in [0, 0.05) is 6.42 Å². The maximum atomic E-state index is 13.1. The van der Waals surface area contributed by atoms with Crippen molar-refractivity contribution in [3.8, 4) is 0 Å². The molecule has 1 amide bonds. The average molecular weight is 964 g/mol. The van der Waals surface area contributed by atoms with Gasteiger partial charge in [-0.05, 0) is 51.4 Å². The Morgan fingerprint density at radius 3 is 1.54 bits per heavy atom. The Hall–Kier alpha value is -1.99. The number of allylic oxidation sites excluding steroid dienone is 5. The van der Waals surface area contributed by atoms with Gasteiger partial charge in [-0.25, -0.2) is 0 Å². The van der Waals surface area contributed by atoms with E-state index in [1.165, 1.54) is 32.1 Å². The monoisotopic (exact) mass is 964 g/mol. The summed E-state index contributed by atoms with van der Waals surface area (Å²) in [5.74, 6) is -0.302. The summed E-state index contributed by atoms with van der Waals surface area (Å²) in [6.45, 7) is 1.55. The highest BCUT2D eigenvalue weighted by atomic mass is 16.8. The fourth-order valence-corrected chi connectivity index (χ4v) is 8.18. The van der Waals surface area contributed by atoms with Crippen molar-refractivity contribution in [2.45, 2.75) is 234 Å². The van der Waals surface area contributed by atoms with Crippen molar-refractivity contribution >= 4 is 5.91 Å². The van der Waals surface area contributed by atoms with Crippen LogP contribution in [0, 0.1) is 0 Å². The molecule has 3 saturated heterocycles. The van der Waals surface area contributed by atoms with Crippen LogP contribution in [0.1, 0.15) is 129 Å². The van der Waals surface area contributed by atoms with Gasteiger partial charge in [0.2, 0.25) is 5.91 Å². The number of aliphatic hydroxyl groups excluding tert-OH is 11. The lowest BCUT2D eigenvalue weighted by Crippen LogP contribution is -2.66. The quantitative estimate of drug-likeness (QED) is 0.0323. The molecular formula is C48H85NO18. The molecule has 12 N–H and O–H groups in total. The number of hydrogen-bond donors (Lipinski definition) is 12. The third-order valence-electron chi connectivity index (χ3n) is 12.4. The standard InChI is InChI=1S/C48H85NO18/c1-3-5-7-9-11-13-14-15-16-17-18-20-22-24-26-36(54)49-31(32(53)25-23-21-19-12-10-8-6-4-2)30-62-46-42(60)39(57)44(34(28-51)64-46)67-48-43(61)40(58)45(35(29-52)65-48)66-47-41(59)38(56)37(55)33(27-50)63-47/h10,12,14-15,23,25,31-35,37-48,50-53,55-61H,3-9,11,13,16-22,24,26-30H2,1-2H3,(H,49,54)/b12-10+,15-14-,25-23+. The first kappa shape index (κ1) is 59.3. The number of rotatable bonds is 33. The molecule has 19 nitrogen and oxygen atoms in total. The van der Waals surface area contributed by atoms with Crippen molar-refractivity contribution < 1.29 is 89.4 Å². The summed E-state index contributed by atoms with van der Waals surface area (Å²) in [4.78, 5) is 13.1. The van der Waals surface area contributed by atoms with Gasteiger partial charge < -0.3 is 89.9 Å². The Morgan fingerprint density at radius 2 is 0.970 bits per heavy atom. The van der Waals surface area contributed by atoms with E-state index in [9.17, 15) is 61.0 Å². The fraction of sp³-hybridized carbons (Fsp3) is 0.854. The molecule has 3 aliphatic heterocycles. The Labute approximate surface area is 396 Å². The number of aliphatic hydroxyl groups is 11. The molecule has 0 aromatic heterocycles. The minimum Gasteiger partial charge on any atom is -0.394 e. The molecule has 0 radical (unpaired) electrons. The molecule has 67 heavy (non-hydrogen) atoms. The highest BCUT2D eigenvalue weighted by Crippen LogP contribution is 2.33. The number of unbranched alkanes of at least 4 members (excludes halogenated alkanes) is 13. The molecule has 3 heterocycles. The molecule has 19 heteroatoms. The molecule has 0 aliphatic carbocycles. The van der Waals surface area contributed by atoms with Crippen LogP contribution < -0.4 is 5.32 Å². The van der Waals surface area contributed by atoms with E-state index in [0.29, 0.717) is 12.8 Å². The maximum absolute atomic E-state index is 13.1. The molecule has 3 aliphatic rings.